The van der Waals surface area contributed by atoms with Crippen LogP contribution in [0, 0.1) is 5.92 Å². The van der Waals surface area contributed by atoms with Crippen molar-refractivity contribution in [2.24, 2.45) is 5.92 Å². The summed E-state index contributed by atoms with van der Waals surface area (Å²) in [5.74, 6) is 1.75. The summed E-state index contributed by atoms with van der Waals surface area (Å²) in [6.07, 6.45) is 9.48. The van der Waals surface area contributed by atoms with Crippen molar-refractivity contribution in [3.63, 3.8) is 0 Å². The van der Waals surface area contributed by atoms with E-state index in [-0.39, 0.29) is 11.9 Å². The van der Waals surface area contributed by atoms with E-state index < -0.39 is 0 Å². The van der Waals surface area contributed by atoms with Crippen molar-refractivity contribution in [2.75, 3.05) is 45.2 Å². The number of benzene rings is 1. The van der Waals surface area contributed by atoms with Gasteiger partial charge in [0.2, 0.25) is 0 Å². The van der Waals surface area contributed by atoms with E-state index in [2.05, 4.69) is 10.3 Å². The fourth-order valence-electron chi connectivity index (χ4n) is 4.42. The molecule has 1 saturated carbocycles. The van der Waals surface area contributed by atoms with Crippen molar-refractivity contribution in [2.45, 2.75) is 32.1 Å². The van der Waals surface area contributed by atoms with Crippen molar-refractivity contribution in [3.8, 4) is 11.5 Å². The molecule has 33 heavy (non-hydrogen) atoms. The SMILES string of the molecule is COc1ccc(C(=O)N2CCN(C(=O)Nc3cccnc3)CC2)cc1OCC1CCCCC1. The molecule has 1 aromatic carbocycles. The third-order valence-corrected chi connectivity index (χ3v) is 6.38. The summed E-state index contributed by atoms with van der Waals surface area (Å²) >= 11 is 0. The highest BCUT2D eigenvalue weighted by Crippen LogP contribution is 2.31. The first-order chi connectivity index (χ1) is 16.1. The highest BCUT2D eigenvalue weighted by atomic mass is 16.5. The molecule has 1 saturated heterocycles. The Balaban J connectivity index is 1.33. The molecule has 0 bridgehead atoms. The number of hydrogen-bond donors (Lipinski definition) is 1. The smallest absolute Gasteiger partial charge is 0.322 e. The van der Waals surface area contributed by atoms with Crippen molar-refractivity contribution in [1.29, 1.82) is 0 Å². The maximum absolute atomic E-state index is 13.1. The molecule has 3 amide bonds. The van der Waals surface area contributed by atoms with Crippen LogP contribution in [0.2, 0.25) is 0 Å². The van der Waals surface area contributed by atoms with E-state index in [9.17, 15) is 9.59 Å². The first-order valence-corrected chi connectivity index (χ1v) is 11.7. The number of carbonyl (C=O) groups excluding carboxylic acids is 2. The molecule has 0 spiro atoms. The van der Waals surface area contributed by atoms with E-state index in [1.165, 1.54) is 32.1 Å². The zero-order valence-corrected chi connectivity index (χ0v) is 19.2. The Hall–Kier alpha value is -3.29. The molecule has 2 heterocycles. The van der Waals surface area contributed by atoms with Crippen LogP contribution >= 0.6 is 0 Å². The van der Waals surface area contributed by atoms with Crippen LogP contribution in [0.15, 0.2) is 42.7 Å². The number of nitrogens with one attached hydrogen (secondary N) is 1. The van der Waals surface area contributed by atoms with Crippen LogP contribution < -0.4 is 14.8 Å². The maximum Gasteiger partial charge on any atom is 0.322 e. The number of amides is 3. The lowest BCUT2D eigenvalue weighted by molar-refractivity contribution is 0.0671. The minimum absolute atomic E-state index is 0.0625. The number of urea groups is 1. The van der Waals surface area contributed by atoms with Crippen LogP contribution in [0.3, 0.4) is 0 Å². The summed E-state index contributed by atoms with van der Waals surface area (Å²) in [5, 5.41) is 2.84. The van der Waals surface area contributed by atoms with Gasteiger partial charge >= 0.3 is 6.03 Å². The largest absolute Gasteiger partial charge is 0.493 e. The predicted molar refractivity (Wildman–Crippen MR) is 126 cm³/mol. The quantitative estimate of drug-likeness (QED) is 0.715. The molecule has 0 atom stereocenters. The van der Waals surface area contributed by atoms with E-state index in [1.807, 2.05) is 0 Å². The Morgan fingerprint density at radius 2 is 1.79 bits per heavy atom. The molecule has 2 aliphatic rings. The standard InChI is InChI=1S/C25H32N4O4/c1-32-22-10-9-20(16-23(22)33-18-19-6-3-2-4-7-19)24(30)28-12-14-29(15-13-28)25(31)27-21-8-5-11-26-17-21/h5,8-11,16-17,19H,2-4,6-7,12-15,18H2,1H3,(H,27,31). The van der Waals surface area contributed by atoms with Gasteiger partial charge in [0.15, 0.2) is 11.5 Å². The second-order valence-electron chi connectivity index (χ2n) is 8.63. The summed E-state index contributed by atoms with van der Waals surface area (Å²) in [7, 11) is 1.61. The highest BCUT2D eigenvalue weighted by Gasteiger charge is 2.26. The lowest BCUT2D eigenvalue weighted by Crippen LogP contribution is -2.51. The third-order valence-electron chi connectivity index (χ3n) is 6.38. The van der Waals surface area contributed by atoms with E-state index in [4.69, 9.17) is 9.47 Å². The van der Waals surface area contributed by atoms with Crippen molar-refractivity contribution < 1.29 is 19.1 Å². The van der Waals surface area contributed by atoms with Gasteiger partial charge in [-0.05, 0) is 49.1 Å². The van der Waals surface area contributed by atoms with Crippen LogP contribution in [0.5, 0.6) is 11.5 Å². The molecule has 2 aromatic rings. The van der Waals surface area contributed by atoms with Crippen molar-refractivity contribution in [1.82, 2.24) is 14.8 Å². The molecule has 4 rings (SSSR count). The molecular formula is C25H32N4O4. The summed E-state index contributed by atoms with van der Waals surface area (Å²) < 4.78 is 11.5. The van der Waals surface area contributed by atoms with Gasteiger partial charge in [-0.2, -0.15) is 0 Å². The second kappa shape index (κ2) is 11.0. The monoisotopic (exact) mass is 452 g/mol. The number of nitrogens with zero attached hydrogens (tertiary/aromatic N) is 3. The van der Waals surface area contributed by atoms with Crippen LogP contribution in [0.1, 0.15) is 42.5 Å². The van der Waals surface area contributed by atoms with Gasteiger partial charge in [-0.1, -0.05) is 19.3 Å². The molecule has 176 valence electrons. The lowest BCUT2D eigenvalue weighted by Gasteiger charge is -2.34. The third kappa shape index (κ3) is 5.94. The normalized spacial score (nSPS) is 16.9. The summed E-state index contributed by atoms with van der Waals surface area (Å²) in [5.41, 5.74) is 1.22. The van der Waals surface area contributed by atoms with Crippen molar-refractivity contribution >= 4 is 17.6 Å². The van der Waals surface area contributed by atoms with Gasteiger partial charge in [-0.25, -0.2) is 4.79 Å². The van der Waals surface area contributed by atoms with E-state index in [0.717, 1.165) is 0 Å². The fraction of sp³-hybridized carbons (Fsp3) is 0.480. The molecule has 1 aliphatic heterocycles. The van der Waals surface area contributed by atoms with Gasteiger partial charge in [0, 0.05) is 37.9 Å². The molecule has 0 radical (unpaired) electrons. The molecule has 0 unspecified atom stereocenters. The Labute approximate surface area is 194 Å². The van der Waals surface area contributed by atoms with E-state index >= 15 is 0 Å². The van der Waals surface area contributed by atoms with Gasteiger partial charge in [0.25, 0.3) is 5.91 Å². The van der Waals surface area contributed by atoms with Gasteiger partial charge in [-0.3, -0.25) is 9.78 Å². The van der Waals surface area contributed by atoms with Crippen LogP contribution in [-0.2, 0) is 0 Å². The highest BCUT2D eigenvalue weighted by molar-refractivity contribution is 5.95. The molecule has 1 N–H and O–H groups in total. The molecule has 1 aromatic heterocycles. The summed E-state index contributed by atoms with van der Waals surface area (Å²) in [4.78, 5) is 33.1. The topological polar surface area (TPSA) is 84.0 Å². The average Bonchev–Trinajstić information content (AvgIpc) is 2.88. The minimum Gasteiger partial charge on any atom is -0.493 e. The van der Waals surface area contributed by atoms with E-state index in [0.29, 0.717) is 61.5 Å². The second-order valence-corrected chi connectivity index (χ2v) is 8.63. The first kappa shape index (κ1) is 22.9. The number of ether oxygens (including phenoxy) is 2. The Kier molecular flexibility index (Phi) is 7.65. The molecule has 2 fully saturated rings. The Morgan fingerprint density at radius 3 is 2.48 bits per heavy atom. The van der Waals surface area contributed by atoms with Crippen LogP contribution in [-0.4, -0.2) is 66.6 Å². The molecule has 8 nitrogen and oxygen atoms in total. The molecular weight excluding hydrogens is 420 g/mol. The van der Waals surface area contributed by atoms with Gasteiger partial charge in [0.1, 0.15) is 0 Å². The Morgan fingerprint density at radius 1 is 1.03 bits per heavy atom. The number of aromatic nitrogens is 1. The first-order valence-electron chi connectivity index (χ1n) is 11.7. The van der Waals surface area contributed by atoms with Gasteiger partial charge < -0.3 is 24.6 Å². The minimum atomic E-state index is -0.182. The number of carbonyl (C=O) groups is 2. The van der Waals surface area contributed by atoms with Gasteiger partial charge in [0.05, 0.1) is 25.6 Å². The number of piperazine rings is 1. The van der Waals surface area contributed by atoms with Crippen LogP contribution in [0.4, 0.5) is 10.5 Å². The average molecular weight is 453 g/mol. The maximum atomic E-state index is 13.1. The number of hydrogen-bond acceptors (Lipinski definition) is 5. The number of anilines is 1. The van der Waals surface area contributed by atoms with E-state index in [1.54, 1.807) is 59.6 Å². The number of rotatable bonds is 6. The molecule has 1 aliphatic carbocycles. The number of pyridine rings is 1. The predicted octanol–water partition coefficient (Wildman–Crippen LogP) is 4.04. The van der Waals surface area contributed by atoms with Crippen LogP contribution in [0.25, 0.3) is 0 Å². The number of methoxy groups -OCH3 is 1. The summed E-state index contributed by atoms with van der Waals surface area (Å²) in [6, 6.07) is 8.73. The Bertz CT molecular complexity index is 939. The van der Waals surface area contributed by atoms with Crippen molar-refractivity contribution in [3.05, 3.63) is 48.3 Å². The molecule has 8 heteroatoms. The summed E-state index contributed by atoms with van der Waals surface area (Å²) in [6.45, 7) is 2.55. The zero-order valence-electron chi connectivity index (χ0n) is 19.2. The van der Waals surface area contributed by atoms with Gasteiger partial charge in [-0.15, -0.1) is 0 Å². The zero-order chi connectivity index (χ0) is 23.0. The lowest BCUT2D eigenvalue weighted by atomic mass is 9.90. The fourth-order valence-corrected chi connectivity index (χ4v) is 4.42.